The Morgan fingerprint density at radius 2 is 1.97 bits per heavy atom. The molecule has 3 amide bonds. The molecule has 0 spiro atoms. The van der Waals surface area contributed by atoms with Crippen LogP contribution in [0.5, 0.6) is 5.75 Å². The highest BCUT2D eigenvalue weighted by atomic mass is 19.4. The molecule has 1 unspecified atom stereocenters. The fourth-order valence-electron chi connectivity index (χ4n) is 4.32. The highest BCUT2D eigenvalue weighted by Crippen LogP contribution is 2.29. The standard InChI is InChI=1S/C24H28F3N5O4/c1-31-11-9-16(10-12-31)18-7-8-19-22(29-18)32(13-21(33)28-19)23(34)30-20(14-35-2)15-3-5-17(6-4-15)36-24(25,26)27/h3-6,9,20H,7-8,10-14H2,1-2H3,(H,28,33)(H,30,34). The van der Waals surface area contributed by atoms with E-state index in [0.717, 1.165) is 30.8 Å². The van der Waals surface area contributed by atoms with E-state index >= 15 is 0 Å². The molecule has 2 N–H and O–H groups in total. The van der Waals surface area contributed by atoms with E-state index in [0.29, 0.717) is 29.9 Å². The fourth-order valence-corrected chi connectivity index (χ4v) is 4.32. The number of carbonyl (C=O) groups excluding carboxylic acids is 2. The molecule has 1 atom stereocenters. The van der Waals surface area contributed by atoms with Gasteiger partial charge >= 0.3 is 12.4 Å². The van der Waals surface area contributed by atoms with Crippen molar-refractivity contribution in [2.24, 2.45) is 4.99 Å². The Hall–Kier alpha value is -3.38. The van der Waals surface area contributed by atoms with Gasteiger partial charge in [-0.25, -0.2) is 9.79 Å². The molecule has 3 aliphatic rings. The molecule has 0 fully saturated rings. The average Bonchev–Trinajstić information content (AvgIpc) is 2.83. The molecule has 9 nitrogen and oxygen atoms in total. The largest absolute Gasteiger partial charge is 0.573 e. The lowest BCUT2D eigenvalue weighted by Gasteiger charge is -2.34. The highest BCUT2D eigenvalue weighted by Gasteiger charge is 2.34. The number of amides is 3. The molecule has 1 aromatic rings. The zero-order valence-corrected chi connectivity index (χ0v) is 20.0. The molecule has 12 heteroatoms. The third kappa shape index (κ3) is 6.24. The number of methoxy groups -OCH3 is 1. The second kappa shape index (κ2) is 10.7. The summed E-state index contributed by atoms with van der Waals surface area (Å²) in [6.07, 6.45) is -0.576. The number of carbonyl (C=O) groups is 2. The summed E-state index contributed by atoms with van der Waals surface area (Å²) in [5.41, 5.74) is 3.16. The smallest absolute Gasteiger partial charge is 0.406 e. The van der Waals surface area contributed by atoms with Gasteiger partial charge in [-0.3, -0.25) is 9.69 Å². The lowest BCUT2D eigenvalue weighted by Crippen LogP contribution is -2.51. The Bertz CT molecular complexity index is 1100. The first-order valence-electron chi connectivity index (χ1n) is 11.5. The number of hydrogen-bond acceptors (Lipinski definition) is 6. The lowest BCUT2D eigenvalue weighted by molar-refractivity contribution is -0.274. The first kappa shape index (κ1) is 25.7. The van der Waals surface area contributed by atoms with Crippen LogP contribution in [0.3, 0.4) is 0 Å². The molecule has 0 saturated heterocycles. The number of benzene rings is 1. The van der Waals surface area contributed by atoms with Crippen LogP contribution >= 0.6 is 0 Å². The van der Waals surface area contributed by atoms with Gasteiger partial charge in [0.25, 0.3) is 0 Å². The van der Waals surface area contributed by atoms with E-state index < -0.39 is 18.4 Å². The number of ether oxygens (including phenoxy) is 2. The van der Waals surface area contributed by atoms with Crippen molar-refractivity contribution in [2.45, 2.75) is 31.7 Å². The van der Waals surface area contributed by atoms with Crippen LogP contribution in [-0.4, -0.2) is 74.2 Å². The number of nitrogens with zero attached hydrogens (tertiary/aromatic N) is 3. The third-order valence-electron chi connectivity index (χ3n) is 6.15. The Morgan fingerprint density at radius 3 is 2.61 bits per heavy atom. The number of allylic oxidation sites excluding steroid dienone is 1. The number of halogens is 3. The van der Waals surface area contributed by atoms with Crippen molar-refractivity contribution in [3.63, 3.8) is 0 Å². The Labute approximate surface area is 206 Å². The molecule has 0 saturated carbocycles. The molecule has 0 radical (unpaired) electrons. The number of alkyl halides is 3. The highest BCUT2D eigenvalue weighted by molar-refractivity contribution is 6.02. The predicted octanol–water partition coefficient (Wildman–Crippen LogP) is 3.08. The van der Waals surface area contributed by atoms with Crippen molar-refractivity contribution in [1.82, 2.24) is 20.4 Å². The third-order valence-corrected chi connectivity index (χ3v) is 6.15. The van der Waals surface area contributed by atoms with Crippen molar-refractivity contribution < 1.29 is 32.2 Å². The van der Waals surface area contributed by atoms with Gasteiger partial charge in [0, 0.05) is 25.9 Å². The zero-order valence-electron chi connectivity index (χ0n) is 20.0. The molecule has 0 bridgehead atoms. The van der Waals surface area contributed by atoms with Crippen LogP contribution in [0, 0.1) is 0 Å². The summed E-state index contributed by atoms with van der Waals surface area (Å²) in [4.78, 5) is 33.9. The fraction of sp³-hybridized carbons (Fsp3) is 0.458. The van der Waals surface area contributed by atoms with Crippen LogP contribution in [0.1, 0.15) is 30.9 Å². The minimum Gasteiger partial charge on any atom is -0.406 e. The van der Waals surface area contributed by atoms with E-state index in [-0.39, 0.29) is 24.8 Å². The number of hydrogen-bond donors (Lipinski definition) is 2. The molecule has 0 aliphatic carbocycles. The maximum absolute atomic E-state index is 13.3. The first-order chi connectivity index (χ1) is 17.1. The van der Waals surface area contributed by atoms with Crippen molar-refractivity contribution in [3.05, 3.63) is 53.0 Å². The van der Waals surface area contributed by atoms with Crippen LogP contribution < -0.4 is 15.4 Å². The van der Waals surface area contributed by atoms with E-state index in [1.165, 1.54) is 36.3 Å². The van der Waals surface area contributed by atoms with Gasteiger partial charge in [0.1, 0.15) is 12.3 Å². The maximum Gasteiger partial charge on any atom is 0.573 e. The summed E-state index contributed by atoms with van der Waals surface area (Å²) in [5, 5.41) is 5.64. The van der Waals surface area contributed by atoms with Crippen LogP contribution in [-0.2, 0) is 9.53 Å². The molecule has 1 aromatic carbocycles. The quantitative estimate of drug-likeness (QED) is 0.617. The van der Waals surface area contributed by atoms with Crippen LogP contribution in [0.4, 0.5) is 18.0 Å². The van der Waals surface area contributed by atoms with E-state index in [1.807, 2.05) is 7.05 Å². The van der Waals surface area contributed by atoms with Crippen LogP contribution in [0.25, 0.3) is 0 Å². The van der Waals surface area contributed by atoms with Crippen molar-refractivity contribution in [1.29, 1.82) is 0 Å². The molecular weight excluding hydrogens is 479 g/mol. The molecule has 0 aromatic heterocycles. The van der Waals surface area contributed by atoms with Gasteiger partial charge in [0.2, 0.25) is 5.91 Å². The SMILES string of the molecule is COCC(NC(=O)N1CC(=O)NC2=C1N=C(C1=CCN(C)CC1)CC2)c1ccc(OC(F)(F)F)cc1. The number of urea groups is 1. The van der Waals surface area contributed by atoms with Crippen LogP contribution in [0.2, 0.25) is 0 Å². The summed E-state index contributed by atoms with van der Waals surface area (Å²) in [6, 6.07) is 3.93. The lowest BCUT2D eigenvalue weighted by atomic mass is 9.96. The number of aliphatic imine (C=N–C) groups is 1. The van der Waals surface area contributed by atoms with E-state index in [9.17, 15) is 22.8 Å². The maximum atomic E-state index is 13.3. The Kier molecular flexibility index (Phi) is 7.65. The normalized spacial score (nSPS) is 19.7. The van der Waals surface area contributed by atoms with Gasteiger partial charge in [-0.1, -0.05) is 18.2 Å². The Balaban J connectivity index is 1.53. The minimum absolute atomic E-state index is 0.0616. The van der Waals surface area contributed by atoms with Crippen LogP contribution in [0.15, 0.2) is 52.4 Å². The predicted molar refractivity (Wildman–Crippen MR) is 125 cm³/mol. The van der Waals surface area contributed by atoms with Gasteiger partial charge in [0.15, 0.2) is 5.82 Å². The zero-order chi connectivity index (χ0) is 25.9. The molecule has 4 rings (SSSR count). The summed E-state index contributed by atoms with van der Waals surface area (Å²) in [5.74, 6) is -0.292. The molecule has 36 heavy (non-hydrogen) atoms. The van der Waals surface area contributed by atoms with E-state index in [1.54, 1.807) is 0 Å². The van der Waals surface area contributed by atoms with Gasteiger partial charge in [0.05, 0.1) is 18.3 Å². The van der Waals surface area contributed by atoms with Crippen molar-refractivity contribution in [3.8, 4) is 5.75 Å². The second-order valence-electron chi connectivity index (χ2n) is 8.81. The monoisotopic (exact) mass is 507 g/mol. The number of rotatable bonds is 6. The van der Waals surface area contributed by atoms with Gasteiger partial charge < -0.3 is 25.0 Å². The van der Waals surface area contributed by atoms with Gasteiger partial charge in [-0.15, -0.1) is 13.2 Å². The molecule has 194 valence electrons. The molecule has 3 heterocycles. The number of likely N-dealkylation sites (N-methyl/N-ethyl adjacent to an activating group) is 1. The first-order valence-corrected chi connectivity index (χ1v) is 11.5. The van der Waals surface area contributed by atoms with Gasteiger partial charge in [-0.05, 0) is 49.6 Å². The summed E-state index contributed by atoms with van der Waals surface area (Å²) in [6.45, 7) is 1.60. The molecule has 3 aliphatic heterocycles. The van der Waals surface area contributed by atoms with E-state index in [2.05, 4.69) is 26.3 Å². The van der Waals surface area contributed by atoms with Crippen molar-refractivity contribution in [2.75, 3.05) is 40.4 Å². The number of nitrogens with one attached hydrogen (secondary N) is 2. The minimum atomic E-state index is -4.80. The topological polar surface area (TPSA) is 95.5 Å². The van der Waals surface area contributed by atoms with E-state index in [4.69, 9.17) is 9.73 Å². The molecular formula is C24H28F3N5O4. The summed E-state index contributed by atoms with van der Waals surface area (Å²) in [7, 11) is 3.49. The summed E-state index contributed by atoms with van der Waals surface area (Å²) < 4.78 is 46.5. The van der Waals surface area contributed by atoms with Gasteiger partial charge in [-0.2, -0.15) is 0 Å². The average molecular weight is 508 g/mol. The summed E-state index contributed by atoms with van der Waals surface area (Å²) >= 11 is 0. The second-order valence-corrected chi connectivity index (χ2v) is 8.81. The van der Waals surface area contributed by atoms with Crippen molar-refractivity contribution >= 4 is 17.6 Å². The Morgan fingerprint density at radius 1 is 1.22 bits per heavy atom.